The van der Waals surface area contributed by atoms with E-state index in [9.17, 15) is 14.9 Å². The summed E-state index contributed by atoms with van der Waals surface area (Å²) < 4.78 is 6.89. The molecule has 2 aromatic heterocycles. The quantitative estimate of drug-likeness (QED) is 0.293. The van der Waals surface area contributed by atoms with Crippen LogP contribution in [-0.4, -0.2) is 20.3 Å². The van der Waals surface area contributed by atoms with Crippen LogP contribution in [0.15, 0.2) is 48.8 Å². The van der Waals surface area contributed by atoms with Crippen molar-refractivity contribution in [2.45, 2.75) is 26.2 Å². The number of aromatic nitrogens is 2. The highest BCUT2D eigenvalue weighted by atomic mass is 16.6. The van der Waals surface area contributed by atoms with E-state index in [0.29, 0.717) is 23.5 Å². The molecule has 0 spiro atoms. The van der Waals surface area contributed by atoms with Crippen molar-refractivity contribution in [1.29, 1.82) is 0 Å². The molecule has 0 atom stereocenters. The molecule has 0 aliphatic heterocycles. The van der Waals surface area contributed by atoms with Gasteiger partial charge in [0.05, 0.1) is 16.8 Å². The first-order valence-electron chi connectivity index (χ1n) is 8.01. The minimum absolute atomic E-state index is 0.00536. The van der Waals surface area contributed by atoms with Crippen LogP contribution in [0.1, 0.15) is 26.2 Å². The van der Waals surface area contributed by atoms with Crippen LogP contribution in [0, 0.1) is 10.1 Å². The summed E-state index contributed by atoms with van der Waals surface area (Å²) in [7, 11) is 0. The van der Waals surface area contributed by atoms with Crippen molar-refractivity contribution in [3.8, 4) is 17.0 Å². The third kappa shape index (κ3) is 3.82. The number of benzene rings is 1. The Hall–Kier alpha value is -3.22. The van der Waals surface area contributed by atoms with Gasteiger partial charge >= 0.3 is 5.97 Å². The lowest BCUT2D eigenvalue weighted by molar-refractivity contribution is -0.385. The number of carbonyl (C=O) groups is 1. The Balaban J connectivity index is 1.79. The number of hydrogen-bond acceptors (Lipinski definition) is 5. The molecule has 3 aromatic rings. The van der Waals surface area contributed by atoms with Crippen molar-refractivity contribution in [3.05, 3.63) is 58.9 Å². The summed E-state index contributed by atoms with van der Waals surface area (Å²) in [4.78, 5) is 26.5. The first-order valence-corrected chi connectivity index (χ1v) is 8.01. The molecular formula is C18H17N3O4. The van der Waals surface area contributed by atoms with E-state index >= 15 is 0 Å². The van der Waals surface area contributed by atoms with Crippen LogP contribution < -0.4 is 4.74 Å². The minimum atomic E-state index is -0.444. The van der Waals surface area contributed by atoms with Gasteiger partial charge in [-0.25, -0.2) is 4.98 Å². The molecule has 25 heavy (non-hydrogen) atoms. The average Bonchev–Trinajstić information content (AvgIpc) is 3.03. The monoisotopic (exact) mass is 339 g/mol. The number of nitro groups is 1. The number of hydrogen-bond donors (Lipinski definition) is 0. The number of ether oxygens (including phenoxy) is 1. The summed E-state index contributed by atoms with van der Waals surface area (Å²) in [6, 6.07) is 10.1. The van der Waals surface area contributed by atoms with Gasteiger partial charge in [0.1, 0.15) is 11.4 Å². The fourth-order valence-electron chi connectivity index (χ4n) is 2.42. The first kappa shape index (κ1) is 16.6. The van der Waals surface area contributed by atoms with Gasteiger partial charge in [0, 0.05) is 24.2 Å². The first-order chi connectivity index (χ1) is 12.1. The molecule has 0 radical (unpaired) electrons. The Morgan fingerprint density at radius 3 is 2.64 bits per heavy atom. The van der Waals surface area contributed by atoms with Crippen LogP contribution in [0.25, 0.3) is 16.9 Å². The fraction of sp³-hybridized carbons (Fsp3) is 0.222. The molecule has 7 heteroatoms. The minimum Gasteiger partial charge on any atom is -0.427 e. The van der Waals surface area contributed by atoms with E-state index in [4.69, 9.17) is 4.74 Å². The van der Waals surface area contributed by atoms with Gasteiger partial charge in [-0.1, -0.05) is 13.3 Å². The maximum atomic E-state index is 11.6. The van der Waals surface area contributed by atoms with Crippen LogP contribution in [-0.2, 0) is 4.79 Å². The molecule has 0 unspecified atom stereocenters. The van der Waals surface area contributed by atoms with Crippen molar-refractivity contribution in [1.82, 2.24) is 9.38 Å². The van der Waals surface area contributed by atoms with Crippen molar-refractivity contribution in [2.24, 2.45) is 0 Å². The molecule has 0 aliphatic rings. The van der Waals surface area contributed by atoms with Crippen LogP contribution in [0.2, 0.25) is 0 Å². The van der Waals surface area contributed by atoms with Gasteiger partial charge in [-0.05, 0) is 36.8 Å². The van der Waals surface area contributed by atoms with E-state index in [2.05, 4.69) is 4.98 Å². The number of pyridine rings is 1. The van der Waals surface area contributed by atoms with E-state index in [1.165, 1.54) is 12.3 Å². The average molecular weight is 339 g/mol. The van der Waals surface area contributed by atoms with Crippen LogP contribution in [0.5, 0.6) is 5.75 Å². The van der Waals surface area contributed by atoms with Gasteiger partial charge in [-0.15, -0.1) is 0 Å². The zero-order valence-electron chi connectivity index (χ0n) is 13.7. The molecule has 0 fully saturated rings. The lowest BCUT2D eigenvalue weighted by Crippen LogP contribution is -2.07. The van der Waals surface area contributed by atoms with Crippen molar-refractivity contribution in [2.75, 3.05) is 0 Å². The van der Waals surface area contributed by atoms with Crippen molar-refractivity contribution in [3.63, 3.8) is 0 Å². The van der Waals surface area contributed by atoms with Gasteiger partial charge in [0.2, 0.25) is 0 Å². The smallest absolute Gasteiger partial charge is 0.311 e. The second kappa shape index (κ2) is 7.12. The molecule has 0 aliphatic carbocycles. The molecule has 2 heterocycles. The van der Waals surface area contributed by atoms with Crippen LogP contribution >= 0.6 is 0 Å². The predicted octanol–water partition coefficient (Wildman–Crippen LogP) is 4.01. The van der Waals surface area contributed by atoms with Gasteiger partial charge in [-0.2, -0.15) is 0 Å². The number of esters is 1. The molecule has 0 saturated carbocycles. The number of fused-ring (bicyclic) bond motifs is 1. The SMILES string of the molecule is CCCCC(=O)Oc1ccc(-c2cn3cc([N+](=O)[O-])ccc3n2)cc1. The summed E-state index contributed by atoms with van der Waals surface area (Å²) in [5.74, 6) is 0.249. The van der Waals surface area contributed by atoms with E-state index in [-0.39, 0.29) is 11.7 Å². The van der Waals surface area contributed by atoms with Gasteiger partial charge in [0.15, 0.2) is 0 Å². The Morgan fingerprint density at radius 1 is 1.20 bits per heavy atom. The highest BCUT2D eigenvalue weighted by Crippen LogP contribution is 2.23. The maximum absolute atomic E-state index is 11.6. The standard InChI is InChI=1S/C18H17N3O4/c1-2-3-4-18(22)25-15-8-5-13(6-9-15)16-12-20-11-14(21(23)24)7-10-17(20)19-16/h5-12H,2-4H2,1H3. The summed E-state index contributed by atoms with van der Waals surface area (Å²) in [6.45, 7) is 2.02. The van der Waals surface area contributed by atoms with E-state index < -0.39 is 4.92 Å². The zero-order valence-corrected chi connectivity index (χ0v) is 13.7. The van der Waals surface area contributed by atoms with Crippen molar-refractivity contribution < 1.29 is 14.5 Å². The van der Waals surface area contributed by atoms with Gasteiger partial charge < -0.3 is 4.74 Å². The van der Waals surface area contributed by atoms with Crippen LogP contribution in [0.3, 0.4) is 0 Å². The molecule has 7 nitrogen and oxygen atoms in total. The highest BCUT2D eigenvalue weighted by Gasteiger charge is 2.10. The second-order valence-corrected chi connectivity index (χ2v) is 5.64. The second-order valence-electron chi connectivity index (χ2n) is 5.64. The molecule has 0 amide bonds. The molecule has 0 bridgehead atoms. The molecule has 0 saturated heterocycles. The molecule has 1 aromatic carbocycles. The van der Waals surface area contributed by atoms with Gasteiger partial charge in [0.25, 0.3) is 5.69 Å². The Bertz CT molecular complexity index is 916. The number of rotatable bonds is 6. The fourth-order valence-corrected chi connectivity index (χ4v) is 2.42. The zero-order chi connectivity index (χ0) is 17.8. The summed E-state index contributed by atoms with van der Waals surface area (Å²) in [6.07, 6.45) is 5.31. The lowest BCUT2D eigenvalue weighted by Gasteiger charge is -2.04. The van der Waals surface area contributed by atoms with Crippen molar-refractivity contribution >= 4 is 17.3 Å². The third-order valence-electron chi connectivity index (χ3n) is 3.76. The largest absolute Gasteiger partial charge is 0.427 e. The number of imidazole rings is 1. The van der Waals surface area contributed by atoms with E-state index in [1.54, 1.807) is 40.9 Å². The number of unbranched alkanes of at least 4 members (excludes halogenated alkanes) is 1. The molecule has 3 rings (SSSR count). The summed E-state index contributed by atoms with van der Waals surface area (Å²) in [5.41, 5.74) is 2.14. The predicted molar refractivity (Wildman–Crippen MR) is 92.4 cm³/mol. The number of carbonyl (C=O) groups excluding carboxylic acids is 1. The number of nitrogens with zero attached hydrogens (tertiary/aromatic N) is 3. The van der Waals surface area contributed by atoms with Crippen LogP contribution in [0.4, 0.5) is 5.69 Å². The van der Waals surface area contributed by atoms with Gasteiger partial charge in [-0.3, -0.25) is 19.3 Å². The molecular weight excluding hydrogens is 322 g/mol. The Morgan fingerprint density at radius 2 is 1.96 bits per heavy atom. The molecule has 128 valence electrons. The normalized spacial score (nSPS) is 10.8. The summed E-state index contributed by atoms with van der Waals surface area (Å²) in [5, 5.41) is 10.8. The van der Waals surface area contributed by atoms with E-state index in [1.807, 2.05) is 6.92 Å². The topological polar surface area (TPSA) is 86.7 Å². The Labute approximate surface area is 144 Å². The Kier molecular flexibility index (Phi) is 4.74. The highest BCUT2D eigenvalue weighted by molar-refractivity contribution is 5.73. The maximum Gasteiger partial charge on any atom is 0.311 e. The molecule has 0 N–H and O–H groups in total. The summed E-state index contributed by atoms with van der Waals surface area (Å²) >= 11 is 0. The lowest BCUT2D eigenvalue weighted by atomic mass is 10.1. The van der Waals surface area contributed by atoms with E-state index in [0.717, 1.165) is 18.4 Å². The third-order valence-corrected chi connectivity index (χ3v) is 3.76.